The first-order valence-corrected chi connectivity index (χ1v) is 2.78. The molecule has 0 heterocycles. The summed E-state index contributed by atoms with van der Waals surface area (Å²) in [7, 11) is 0. The number of rotatable bonds is 1. The first-order valence-electron chi connectivity index (χ1n) is 2.78. The van der Waals surface area contributed by atoms with Crippen LogP contribution in [-0.2, 0) is 0 Å². The van der Waals surface area contributed by atoms with Crippen molar-refractivity contribution in [2.45, 2.75) is 24.8 Å². The van der Waals surface area contributed by atoms with E-state index >= 15 is 0 Å². The molecule has 0 aromatic heterocycles. The molecule has 0 saturated heterocycles. The zero-order chi connectivity index (χ0) is 7.07. The van der Waals surface area contributed by atoms with Gasteiger partial charge in [0.15, 0.2) is 0 Å². The minimum atomic E-state index is -2.40. The molecule has 0 spiro atoms. The Morgan fingerprint density at radius 1 is 1.56 bits per heavy atom. The lowest BCUT2D eigenvalue weighted by molar-refractivity contribution is 0.0317. The summed E-state index contributed by atoms with van der Waals surface area (Å²) in [6.45, 7) is 3.52. The Bertz CT molecular complexity index is 134. The van der Waals surface area contributed by atoms with Gasteiger partial charge in [-0.3, -0.25) is 0 Å². The van der Waals surface area contributed by atoms with E-state index in [1.165, 1.54) is 0 Å². The van der Waals surface area contributed by atoms with Crippen molar-refractivity contribution in [3.8, 4) is 0 Å². The van der Waals surface area contributed by atoms with Gasteiger partial charge in [0.25, 0.3) is 6.43 Å². The second-order valence-electron chi connectivity index (χ2n) is 2.64. The lowest BCUT2D eigenvalue weighted by Crippen LogP contribution is -2.53. The third-order valence-electron chi connectivity index (χ3n) is 1.59. The normalized spacial score (nSPS) is 24.2. The molecule has 0 radical (unpaired) electrons. The lowest BCUT2D eigenvalue weighted by Gasteiger charge is -2.38. The van der Waals surface area contributed by atoms with Crippen LogP contribution < -0.4 is 5.73 Å². The van der Waals surface area contributed by atoms with Crippen molar-refractivity contribution < 1.29 is 8.78 Å². The maximum absolute atomic E-state index is 11.9. The van der Waals surface area contributed by atoms with E-state index in [0.717, 1.165) is 5.57 Å². The smallest absolute Gasteiger partial charge is 0.256 e. The Hall–Kier alpha value is -0.440. The molecule has 3 heteroatoms. The molecule has 2 N–H and O–H groups in total. The second kappa shape index (κ2) is 1.77. The fourth-order valence-electron chi connectivity index (χ4n) is 1.03. The van der Waals surface area contributed by atoms with Crippen molar-refractivity contribution in [2.24, 2.45) is 5.73 Å². The van der Waals surface area contributed by atoms with E-state index in [1.807, 2.05) is 0 Å². The van der Waals surface area contributed by atoms with Gasteiger partial charge in [0.05, 0.1) is 5.54 Å². The molecule has 1 saturated carbocycles. The molecular formula is C6H9F2N. The lowest BCUT2D eigenvalue weighted by atomic mass is 9.74. The highest BCUT2D eigenvalue weighted by Gasteiger charge is 2.43. The van der Waals surface area contributed by atoms with Gasteiger partial charge in [-0.05, 0) is 12.8 Å². The summed E-state index contributed by atoms with van der Waals surface area (Å²) in [4.78, 5) is 0. The predicted molar refractivity (Wildman–Crippen MR) is 31.3 cm³/mol. The standard InChI is InChI=1S/C6H9F2N/c1-4-2-6(9,3-4)5(7)8/h5H,1-3,9H2. The molecule has 0 atom stereocenters. The monoisotopic (exact) mass is 133 g/mol. The van der Waals surface area contributed by atoms with Gasteiger partial charge in [0, 0.05) is 0 Å². The highest BCUT2D eigenvalue weighted by molar-refractivity contribution is 5.20. The van der Waals surface area contributed by atoms with Gasteiger partial charge in [-0.25, -0.2) is 8.78 Å². The summed E-state index contributed by atoms with van der Waals surface area (Å²) >= 11 is 0. The van der Waals surface area contributed by atoms with Crippen molar-refractivity contribution in [1.82, 2.24) is 0 Å². The molecule has 0 unspecified atom stereocenters. The molecule has 0 aromatic carbocycles. The molecule has 0 amide bonds. The number of nitrogens with two attached hydrogens (primary N) is 1. The van der Waals surface area contributed by atoms with E-state index in [2.05, 4.69) is 6.58 Å². The second-order valence-corrected chi connectivity index (χ2v) is 2.64. The minimum Gasteiger partial charge on any atom is -0.320 e. The van der Waals surface area contributed by atoms with Crippen LogP contribution >= 0.6 is 0 Å². The molecule has 1 fully saturated rings. The zero-order valence-electron chi connectivity index (χ0n) is 5.03. The van der Waals surface area contributed by atoms with Crippen LogP contribution in [0.4, 0.5) is 8.78 Å². The van der Waals surface area contributed by atoms with Crippen molar-refractivity contribution in [3.05, 3.63) is 12.2 Å². The van der Waals surface area contributed by atoms with Crippen LogP contribution in [0.25, 0.3) is 0 Å². The Morgan fingerprint density at radius 3 is 2.11 bits per heavy atom. The maximum Gasteiger partial charge on any atom is 0.256 e. The molecular weight excluding hydrogens is 124 g/mol. The Balaban J connectivity index is 2.49. The van der Waals surface area contributed by atoms with E-state index in [9.17, 15) is 8.78 Å². The summed E-state index contributed by atoms with van der Waals surface area (Å²) in [5, 5.41) is 0. The first kappa shape index (κ1) is 6.68. The van der Waals surface area contributed by atoms with E-state index < -0.39 is 12.0 Å². The van der Waals surface area contributed by atoms with Gasteiger partial charge < -0.3 is 5.73 Å². The average molecular weight is 133 g/mol. The van der Waals surface area contributed by atoms with Crippen molar-refractivity contribution in [3.63, 3.8) is 0 Å². The van der Waals surface area contributed by atoms with Crippen molar-refractivity contribution in [1.29, 1.82) is 0 Å². The van der Waals surface area contributed by atoms with Gasteiger partial charge in [0.2, 0.25) is 0 Å². The number of halogens is 2. The average Bonchev–Trinajstić information content (AvgIpc) is 1.62. The Morgan fingerprint density at radius 2 is 2.00 bits per heavy atom. The number of hydrogen-bond donors (Lipinski definition) is 1. The first-order chi connectivity index (χ1) is 4.04. The fourth-order valence-corrected chi connectivity index (χ4v) is 1.03. The Labute approximate surface area is 52.5 Å². The molecule has 1 nitrogen and oxygen atoms in total. The van der Waals surface area contributed by atoms with Crippen LogP contribution in [0.3, 0.4) is 0 Å². The molecule has 1 aliphatic carbocycles. The molecule has 0 aromatic rings. The SMILES string of the molecule is C=C1CC(N)(C(F)F)C1. The molecule has 1 rings (SSSR count). The van der Waals surface area contributed by atoms with Crippen LogP contribution in [0.5, 0.6) is 0 Å². The van der Waals surface area contributed by atoms with Crippen LogP contribution in [0.1, 0.15) is 12.8 Å². The quantitative estimate of drug-likeness (QED) is 0.536. The number of hydrogen-bond acceptors (Lipinski definition) is 1. The van der Waals surface area contributed by atoms with Crippen LogP contribution in [-0.4, -0.2) is 12.0 Å². The van der Waals surface area contributed by atoms with E-state index in [0.29, 0.717) is 0 Å². The van der Waals surface area contributed by atoms with Crippen molar-refractivity contribution in [2.75, 3.05) is 0 Å². The third kappa shape index (κ3) is 0.965. The van der Waals surface area contributed by atoms with Gasteiger partial charge in [-0.15, -0.1) is 0 Å². The van der Waals surface area contributed by atoms with Gasteiger partial charge >= 0.3 is 0 Å². The Kier molecular flexibility index (Phi) is 1.31. The summed E-state index contributed by atoms with van der Waals surface area (Å²) in [5.41, 5.74) is 4.82. The summed E-state index contributed by atoms with van der Waals surface area (Å²) in [6.07, 6.45) is -1.84. The number of alkyl halides is 2. The zero-order valence-corrected chi connectivity index (χ0v) is 5.03. The summed E-state index contributed by atoms with van der Waals surface area (Å²) < 4.78 is 23.7. The van der Waals surface area contributed by atoms with Crippen LogP contribution in [0.15, 0.2) is 12.2 Å². The van der Waals surface area contributed by atoms with E-state index in [1.54, 1.807) is 0 Å². The van der Waals surface area contributed by atoms with E-state index in [-0.39, 0.29) is 12.8 Å². The molecule has 52 valence electrons. The molecule has 1 aliphatic rings. The van der Waals surface area contributed by atoms with Crippen LogP contribution in [0.2, 0.25) is 0 Å². The summed E-state index contributed by atoms with van der Waals surface area (Å²) in [5.74, 6) is 0. The van der Waals surface area contributed by atoms with Gasteiger partial charge in [0.1, 0.15) is 0 Å². The minimum absolute atomic E-state index is 0.282. The van der Waals surface area contributed by atoms with Gasteiger partial charge in [-0.2, -0.15) is 0 Å². The van der Waals surface area contributed by atoms with Crippen LogP contribution in [0, 0.1) is 0 Å². The van der Waals surface area contributed by atoms with E-state index in [4.69, 9.17) is 5.73 Å². The fraction of sp³-hybridized carbons (Fsp3) is 0.667. The molecule has 0 aliphatic heterocycles. The highest BCUT2D eigenvalue weighted by Crippen LogP contribution is 2.38. The topological polar surface area (TPSA) is 26.0 Å². The maximum atomic E-state index is 11.9. The third-order valence-corrected chi connectivity index (χ3v) is 1.59. The van der Waals surface area contributed by atoms with Gasteiger partial charge in [-0.1, -0.05) is 12.2 Å². The highest BCUT2D eigenvalue weighted by atomic mass is 19.3. The van der Waals surface area contributed by atoms with Crippen molar-refractivity contribution >= 4 is 0 Å². The molecule has 9 heavy (non-hydrogen) atoms. The molecule has 0 bridgehead atoms. The largest absolute Gasteiger partial charge is 0.320 e. The summed E-state index contributed by atoms with van der Waals surface area (Å²) in [6, 6.07) is 0. The predicted octanol–water partition coefficient (Wildman–Crippen LogP) is 1.30.